The zero-order valence-electron chi connectivity index (χ0n) is 15.6. The summed E-state index contributed by atoms with van der Waals surface area (Å²) in [7, 11) is 0. The van der Waals surface area contributed by atoms with E-state index in [-0.39, 0.29) is 0 Å². The minimum absolute atomic E-state index is 0.937. The standard InChI is InChI=1S/C27H18O/c1-17-9-13-21-18(15-17)10-11-19-16-20(12-14-22(19)21)23-6-4-7-25-24-5-2-3-8-26(24)28-27(23)25/h2-16H,1H3. The minimum Gasteiger partial charge on any atom is -0.455 e. The van der Waals surface area contributed by atoms with E-state index in [0.717, 1.165) is 16.7 Å². The van der Waals surface area contributed by atoms with Gasteiger partial charge in [-0.3, -0.25) is 0 Å². The summed E-state index contributed by atoms with van der Waals surface area (Å²) < 4.78 is 6.23. The van der Waals surface area contributed by atoms with E-state index in [1.54, 1.807) is 0 Å². The lowest BCUT2D eigenvalue weighted by atomic mass is 9.96. The maximum atomic E-state index is 6.23. The van der Waals surface area contributed by atoms with Crippen LogP contribution in [-0.4, -0.2) is 0 Å². The predicted octanol–water partition coefficient (Wildman–Crippen LogP) is 7.87. The van der Waals surface area contributed by atoms with Gasteiger partial charge in [-0.2, -0.15) is 0 Å². The molecule has 0 atom stereocenters. The van der Waals surface area contributed by atoms with Gasteiger partial charge in [0, 0.05) is 16.3 Å². The molecule has 6 aromatic rings. The average molecular weight is 358 g/mol. The molecule has 6 rings (SSSR count). The Labute approximate surface area is 162 Å². The number of benzene rings is 5. The van der Waals surface area contributed by atoms with Gasteiger partial charge in [0.15, 0.2) is 0 Å². The van der Waals surface area contributed by atoms with Crippen molar-refractivity contribution in [3.05, 3.63) is 96.6 Å². The fourth-order valence-electron chi connectivity index (χ4n) is 4.33. The van der Waals surface area contributed by atoms with Crippen LogP contribution < -0.4 is 0 Å². The van der Waals surface area contributed by atoms with Crippen molar-refractivity contribution in [2.45, 2.75) is 6.92 Å². The zero-order chi connectivity index (χ0) is 18.7. The van der Waals surface area contributed by atoms with E-state index in [1.165, 1.54) is 43.4 Å². The third-order valence-electron chi connectivity index (χ3n) is 5.71. The number of para-hydroxylation sites is 2. The largest absolute Gasteiger partial charge is 0.455 e. The van der Waals surface area contributed by atoms with Crippen LogP contribution in [0.1, 0.15) is 5.56 Å². The Morgan fingerprint density at radius 3 is 2.21 bits per heavy atom. The molecule has 0 aliphatic heterocycles. The number of furan rings is 1. The summed E-state index contributed by atoms with van der Waals surface area (Å²) in [6.07, 6.45) is 0. The summed E-state index contributed by atoms with van der Waals surface area (Å²) in [6.45, 7) is 2.14. The van der Waals surface area contributed by atoms with Gasteiger partial charge < -0.3 is 4.42 Å². The maximum Gasteiger partial charge on any atom is 0.143 e. The molecule has 0 saturated heterocycles. The number of aryl methyl sites for hydroxylation is 1. The highest BCUT2D eigenvalue weighted by atomic mass is 16.3. The van der Waals surface area contributed by atoms with Crippen molar-refractivity contribution in [2.24, 2.45) is 0 Å². The molecule has 132 valence electrons. The molecule has 0 radical (unpaired) electrons. The molecule has 1 heterocycles. The maximum absolute atomic E-state index is 6.23. The van der Waals surface area contributed by atoms with Gasteiger partial charge in [0.1, 0.15) is 11.2 Å². The predicted molar refractivity (Wildman–Crippen MR) is 119 cm³/mol. The van der Waals surface area contributed by atoms with Crippen molar-refractivity contribution >= 4 is 43.5 Å². The molecule has 0 fully saturated rings. The van der Waals surface area contributed by atoms with Crippen LogP contribution in [0.3, 0.4) is 0 Å². The molecule has 0 unspecified atom stereocenters. The minimum atomic E-state index is 0.937. The zero-order valence-corrected chi connectivity index (χ0v) is 15.6. The summed E-state index contributed by atoms with van der Waals surface area (Å²) in [5, 5.41) is 7.47. The lowest BCUT2D eigenvalue weighted by molar-refractivity contribution is 0.670. The summed E-state index contributed by atoms with van der Waals surface area (Å²) in [6, 6.07) is 32.5. The fraction of sp³-hybridized carbons (Fsp3) is 0.0370. The van der Waals surface area contributed by atoms with Crippen molar-refractivity contribution in [3.8, 4) is 11.1 Å². The van der Waals surface area contributed by atoms with Crippen molar-refractivity contribution in [1.82, 2.24) is 0 Å². The second-order valence-corrected chi connectivity index (χ2v) is 7.51. The van der Waals surface area contributed by atoms with Crippen molar-refractivity contribution in [2.75, 3.05) is 0 Å². The summed E-state index contributed by atoms with van der Waals surface area (Å²) in [5.74, 6) is 0. The van der Waals surface area contributed by atoms with E-state index in [2.05, 4.69) is 85.8 Å². The third kappa shape index (κ3) is 2.20. The first-order chi connectivity index (χ1) is 13.8. The van der Waals surface area contributed by atoms with Crippen molar-refractivity contribution < 1.29 is 4.42 Å². The molecular formula is C27H18O. The highest BCUT2D eigenvalue weighted by Gasteiger charge is 2.12. The molecule has 0 N–H and O–H groups in total. The van der Waals surface area contributed by atoms with Gasteiger partial charge >= 0.3 is 0 Å². The van der Waals surface area contributed by atoms with Crippen LogP contribution in [0.25, 0.3) is 54.6 Å². The molecule has 0 spiro atoms. The summed E-state index contributed by atoms with van der Waals surface area (Å²) >= 11 is 0. The van der Waals surface area contributed by atoms with E-state index < -0.39 is 0 Å². The number of hydrogen-bond acceptors (Lipinski definition) is 1. The molecule has 0 saturated carbocycles. The summed E-state index contributed by atoms with van der Waals surface area (Å²) in [5.41, 5.74) is 5.51. The van der Waals surface area contributed by atoms with Crippen LogP contribution in [0.4, 0.5) is 0 Å². The Kier molecular flexibility index (Phi) is 3.15. The monoisotopic (exact) mass is 358 g/mol. The SMILES string of the molecule is Cc1ccc2c(ccc3cc(-c4cccc5c4oc4ccccc45)ccc32)c1. The Hall–Kier alpha value is -3.58. The number of fused-ring (bicyclic) bond motifs is 6. The lowest BCUT2D eigenvalue weighted by Crippen LogP contribution is -1.83. The topological polar surface area (TPSA) is 13.1 Å². The molecule has 28 heavy (non-hydrogen) atoms. The Balaban J connectivity index is 1.62. The molecule has 5 aromatic carbocycles. The van der Waals surface area contributed by atoms with E-state index in [1.807, 2.05) is 12.1 Å². The van der Waals surface area contributed by atoms with Crippen LogP contribution in [-0.2, 0) is 0 Å². The van der Waals surface area contributed by atoms with Gasteiger partial charge in [0.05, 0.1) is 0 Å². The van der Waals surface area contributed by atoms with Gasteiger partial charge in [-0.25, -0.2) is 0 Å². The average Bonchev–Trinajstić information content (AvgIpc) is 3.12. The van der Waals surface area contributed by atoms with E-state index >= 15 is 0 Å². The Bertz CT molecular complexity index is 1520. The van der Waals surface area contributed by atoms with Crippen molar-refractivity contribution in [3.63, 3.8) is 0 Å². The lowest BCUT2D eigenvalue weighted by Gasteiger charge is -2.08. The van der Waals surface area contributed by atoms with Gasteiger partial charge in [-0.05, 0) is 46.2 Å². The number of rotatable bonds is 1. The highest BCUT2D eigenvalue weighted by Crippen LogP contribution is 2.37. The first-order valence-electron chi connectivity index (χ1n) is 9.62. The van der Waals surface area contributed by atoms with E-state index in [9.17, 15) is 0 Å². The smallest absolute Gasteiger partial charge is 0.143 e. The summed E-state index contributed by atoms with van der Waals surface area (Å²) in [4.78, 5) is 0. The number of hydrogen-bond donors (Lipinski definition) is 0. The molecule has 1 nitrogen and oxygen atoms in total. The van der Waals surface area contributed by atoms with Crippen LogP contribution >= 0.6 is 0 Å². The van der Waals surface area contributed by atoms with E-state index in [4.69, 9.17) is 4.42 Å². The quantitative estimate of drug-likeness (QED) is 0.273. The molecule has 1 heteroatoms. The second-order valence-electron chi connectivity index (χ2n) is 7.51. The third-order valence-corrected chi connectivity index (χ3v) is 5.71. The van der Waals surface area contributed by atoms with Crippen LogP contribution in [0.5, 0.6) is 0 Å². The Morgan fingerprint density at radius 2 is 1.32 bits per heavy atom. The van der Waals surface area contributed by atoms with Crippen LogP contribution in [0.15, 0.2) is 95.4 Å². The fourth-order valence-corrected chi connectivity index (χ4v) is 4.33. The van der Waals surface area contributed by atoms with Gasteiger partial charge in [0.2, 0.25) is 0 Å². The molecule has 0 amide bonds. The first-order valence-corrected chi connectivity index (χ1v) is 9.62. The molecule has 0 aliphatic rings. The first kappa shape index (κ1) is 15.5. The molecule has 0 aliphatic carbocycles. The molecular weight excluding hydrogens is 340 g/mol. The second kappa shape index (κ2) is 5.71. The van der Waals surface area contributed by atoms with E-state index in [0.29, 0.717) is 0 Å². The highest BCUT2D eigenvalue weighted by molar-refractivity contribution is 6.12. The van der Waals surface area contributed by atoms with Crippen molar-refractivity contribution in [1.29, 1.82) is 0 Å². The van der Waals surface area contributed by atoms with Gasteiger partial charge in [-0.15, -0.1) is 0 Å². The molecule has 1 aromatic heterocycles. The Morgan fingerprint density at radius 1 is 0.571 bits per heavy atom. The van der Waals surface area contributed by atoms with Gasteiger partial charge in [0.25, 0.3) is 0 Å². The molecule has 0 bridgehead atoms. The normalized spacial score (nSPS) is 11.8. The van der Waals surface area contributed by atoms with Gasteiger partial charge in [-0.1, -0.05) is 84.4 Å². The van der Waals surface area contributed by atoms with Crippen LogP contribution in [0, 0.1) is 6.92 Å². The van der Waals surface area contributed by atoms with Crippen LogP contribution in [0.2, 0.25) is 0 Å².